The van der Waals surface area contributed by atoms with Gasteiger partial charge in [-0.1, -0.05) is 12.8 Å². The van der Waals surface area contributed by atoms with Crippen LogP contribution in [0.5, 0.6) is 0 Å². The van der Waals surface area contributed by atoms with Crippen molar-refractivity contribution in [2.75, 3.05) is 20.6 Å². The zero-order chi connectivity index (χ0) is 8.32. The van der Waals surface area contributed by atoms with Gasteiger partial charge in [0.05, 0.1) is 0 Å². The SMILES string of the molecule is CN(C)NC1(CN)CCCC1. The molecule has 3 nitrogen and oxygen atoms in total. The summed E-state index contributed by atoms with van der Waals surface area (Å²) in [5, 5.41) is 2.01. The maximum absolute atomic E-state index is 5.73. The van der Waals surface area contributed by atoms with Crippen LogP contribution in [-0.2, 0) is 0 Å². The first-order valence-corrected chi connectivity index (χ1v) is 4.34. The first-order valence-electron chi connectivity index (χ1n) is 4.34. The minimum absolute atomic E-state index is 0.212. The maximum Gasteiger partial charge on any atom is 0.0447 e. The fourth-order valence-electron chi connectivity index (χ4n) is 1.89. The van der Waals surface area contributed by atoms with Gasteiger partial charge in [0.25, 0.3) is 0 Å². The van der Waals surface area contributed by atoms with Crippen LogP contribution in [0.3, 0.4) is 0 Å². The predicted molar refractivity (Wildman–Crippen MR) is 47.1 cm³/mol. The highest BCUT2D eigenvalue weighted by atomic mass is 15.5. The summed E-state index contributed by atoms with van der Waals surface area (Å²) in [6.45, 7) is 0.755. The van der Waals surface area contributed by atoms with E-state index in [1.807, 2.05) is 19.1 Å². The molecule has 0 aromatic rings. The lowest BCUT2D eigenvalue weighted by Crippen LogP contribution is -2.54. The van der Waals surface area contributed by atoms with Crippen molar-refractivity contribution in [3.05, 3.63) is 0 Å². The van der Waals surface area contributed by atoms with Gasteiger partial charge in [-0.2, -0.15) is 0 Å². The Morgan fingerprint density at radius 2 is 1.91 bits per heavy atom. The van der Waals surface area contributed by atoms with E-state index < -0.39 is 0 Å². The fraction of sp³-hybridized carbons (Fsp3) is 1.00. The molecule has 0 unspecified atom stereocenters. The van der Waals surface area contributed by atoms with Crippen molar-refractivity contribution in [2.24, 2.45) is 5.73 Å². The van der Waals surface area contributed by atoms with Crippen LogP contribution in [0.2, 0.25) is 0 Å². The van der Waals surface area contributed by atoms with Crippen LogP contribution in [0.25, 0.3) is 0 Å². The maximum atomic E-state index is 5.73. The summed E-state index contributed by atoms with van der Waals surface area (Å²) < 4.78 is 0. The summed E-state index contributed by atoms with van der Waals surface area (Å²) >= 11 is 0. The van der Waals surface area contributed by atoms with E-state index in [1.54, 1.807) is 0 Å². The molecule has 0 atom stereocenters. The van der Waals surface area contributed by atoms with Gasteiger partial charge in [0.2, 0.25) is 0 Å². The molecule has 1 fully saturated rings. The van der Waals surface area contributed by atoms with Gasteiger partial charge in [-0.3, -0.25) is 5.01 Å². The summed E-state index contributed by atoms with van der Waals surface area (Å²) in [4.78, 5) is 0. The van der Waals surface area contributed by atoms with Crippen LogP contribution < -0.4 is 11.2 Å². The highest BCUT2D eigenvalue weighted by Gasteiger charge is 2.32. The number of nitrogens with one attached hydrogen (secondary N) is 1. The molecular formula is C8H19N3. The Labute approximate surface area is 68.9 Å². The van der Waals surface area contributed by atoms with Gasteiger partial charge in [0, 0.05) is 26.2 Å². The van der Waals surface area contributed by atoms with E-state index in [4.69, 9.17) is 5.73 Å². The van der Waals surface area contributed by atoms with Crippen LogP contribution in [0.1, 0.15) is 25.7 Å². The number of nitrogens with two attached hydrogens (primary N) is 1. The van der Waals surface area contributed by atoms with E-state index in [2.05, 4.69) is 5.43 Å². The first-order chi connectivity index (χ1) is 5.18. The van der Waals surface area contributed by atoms with Crippen LogP contribution in [0, 0.1) is 0 Å². The van der Waals surface area contributed by atoms with Gasteiger partial charge >= 0.3 is 0 Å². The lowest BCUT2D eigenvalue weighted by molar-refractivity contribution is 0.166. The molecule has 0 bridgehead atoms. The van der Waals surface area contributed by atoms with Crippen LogP contribution >= 0.6 is 0 Å². The van der Waals surface area contributed by atoms with Gasteiger partial charge < -0.3 is 5.73 Å². The van der Waals surface area contributed by atoms with Crippen LogP contribution in [0.4, 0.5) is 0 Å². The third-order valence-electron chi connectivity index (χ3n) is 2.41. The van der Waals surface area contributed by atoms with E-state index >= 15 is 0 Å². The minimum Gasteiger partial charge on any atom is -0.329 e. The second kappa shape index (κ2) is 3.52. The molecule has 3 N–H and O–H groups in total. The lowest BCUT2D eigenvalue weighted by Gasteiger charge is -2.32. The zero-order valence-corrected chi connectivity index (χ0v) is 7.56. The minimum atomic E-state index is 0.212. The van der Waals surface area contributed by atoms with Gasteiger partial charge in [-0.25, -0.2) is 5.43 Å². The molecule has 0 saturated heterocycles. The third kappa shape index (κ3) is 2.15. The first kappa shape index (κ1) is 8.97. The second-order valence-electron chi connectivity index (χ2n) is 3.70. The Morgan fingerprint density at radius 3 is 2.27 bits per heavy atom. The molecule has 0 aromatic heterocycles. The van der Waals surface area contributed by atoms with Crippen molar-refractivity contribution in [2.45, 2.75) is 31.2 Å². The topological polar surface area (TPSA) is 41.3 Å². The van der Waals surface area contributed by atoms with Crippen LogP contribution in [0.15, 0.2) is 0 Å². The molecule has 0 amide bonds. The van der Waals surface area contributed by atoms with Gasteiger partial charge in [-0.15, -0.1) is 0 Å². The summed E-state index contributed by atoms with van der Waals surface area (Å²) in [5.41, 5.74) is 9.35. The Bertz CT molecular complexity index is 117. The number of hydrogen-bond acceptors (Lipinski definition) is 3. The Morgan fingerprint density at radius 1 is 1.36 bits per heavy atom. The van der Waals surface area contributed by atoms with E-state index in [0.29, 0.717) is 0 Å². The molecule has 3 heteroatoms. The molecule has 0 aliphatic heterocycles. The van der Waals surface area contributed by atoms with E-state index in [0.717, 1.165) is 6.54 Å². The van der Waals surface area contributed by atoms with Crippen molar-refractivity contribution in [1.82, 2.24) is 10.4 Å². The molecule has 0 spiro atoms. The molecule has 1 saturated carbocycles. The normalized spacial score (nSPS) is 22.9. The van der Waals surface area contributed by atoms with E-state index in [-0.39, 0.29) is 5.54 Å². The fourth-order valence-corrected chi connectivity index (χ4v) is 1.89. The van der Waals surface area contributed by atoms with Gasteiger partial charge in [0.15, 0.2) is 0 Å². The predicted octanol–water partition coefficient (Wildman–Crippen LogP) is 0.324. The van der Waals surface area contributed by atoms with Gasteiger partial charge in [0.1, 0.15) is 0 Å². The monoisotopic (exact) mass is 157 g/mol. The summed E-state index contributed by atoms with van der Waals surface area (Å²) in [5.74, 6) is 0. The Kier molecular flexibility index (Phi) is 2.87. The highest BCUT2D eigenvalue weighted by Crippen LogP contribution is 2.28. The Hall–Kier alpha value is -0.120. The molecule has 1 aliphatic carbocycles. The molecule has 11 heavy (non-hydrogen) atoms. The van der Waals surface area contributed by atoms with Crippen molar-refractivity contribution in [3.63, 3.8) is 0 Å². The van der Waals surface area contributed by atoms with Gasteiger partial charge in [-0.05, 0) is 12.8 Å². The average Bonchev–Trinajstić information content (AvgIpc) is 2.36. The standard InChI is InChI=1S/C8H19N3/c1-11(2)10-8(7-9)5-3-4-6-8/h10H,3-7,9H2,1-2H3. The van der Waals surface area contributed by atoms with E-state index in [9.17, 15) is 0 Å². The largest absolute Gasteiger partial charge is 0.329 e. The van der Waals surface area contributed by atoms with Crippen molar-refractivity contribution in [1.29, 1.82) is 0 Å². The number of hydrogen-bond donors (Lipinski definition) is 2. The molecular weight excluding hydrogens is 138 g/mol. The molecule has 66 valence electrons. The third-order valence-corrected chi connectivity index (χ3v) is 2.41. The number of nitrogens with zero attached hydrogens (tertiary/aromatic N) is 1. The molecule has 1 rings (SSSR count). The zero-order valence-electron chi connectivity index (χ0n) is 7.56. The molecule has 0 heterocycles. The van der Waals surface area contributed by atoms with Crippen LogP contribution in [-0.4, -0.2) is 31.2 Å². The molecule has 0 aromatic carbocycles. The van der Waals surface area contributed by atoms with Crippen molar-refractivity contribution >= 4 is 0 Å². The summed E-state index contributed by atoms with van der Waals surface area (Å²) in [6, 6.07) is 0. The smallest absolute Gasteiger partial charge is 0.0447 e. The number of hydrazine groups is 1. The highest BCUT2D eigenvalue weighted by molar-refractivity contribution is 4.92. The van der Waals surface area contributed by atoms with E-state index in [1.165, 1.54) is 25.7 Å². The Balaban J connectivity index is 2.45. The summed E-state index contributed by atoms with van der Waals surface area (Å²) in [6.07, 6.45) is 5.08. The molecule has 0 radical (unpaired) electrons. The summed E-state index contributed by atoms with van der Waals surface area (Å²) in [7, 11) is 4.05. The second-order valence-corrected chi connectivity index (χ2v) is 3.70. The quantitative estimate of drug-likeness (QED) is 0.580. The van der Waals surface area contributed by atoms with Crippen molar-refractivity contribution < 1.29 is 0 Å². The number of rotatable bonds is 3. The lowest BCUT2D eigenvalue weighted by atomic mass is 9.99. The average molecular weight is 157 g/mol. The van der Waals surface area contributed by atoms with Crippen molar-refractivity contribution in [3.8, 4) is 0 Å². The molecule has 1 aliphatic rings.